The summed E-state index contributed by atoms with van der Waals surface area (Å²) in [5, 5.41) is 0.606. The van der Waals surface area contributed by atoms with Gasteiger partial charge < -0.3 is 19.3 Å². The Morgan fingerprint density at radius 1 is 1.03 bits per heavy atom. The second-order valence-corrected chi connectivity index (χ2v) is 9.13. The highest BCUT2D eigenvalue weighted by Crippen LogP contribution is 2.36. The average molecular weight is 456 g/mol. The highest BCUT2D eigenvalue weighted by atomic mass is 35.5. The third-order valence-corrected chi connectivity index (χ3v) is 6.81. The van der Waals surface area contributed by atoms with Crippen LogP contribution in [0.15, 0.2) is 54.6 Å². The van der Waals surface area contributed by atoms with E-state index in [0.717, 1.165) is 6.54 Å². The Balaban J connectivity index is 1.27. The van der Waals surface area contributed by atoms with Gasteiger partial charge in [0, 0.05) is 43.3 Å². The molecular weight excluding hydrogens is 430 g/mol. The van der Waals surface area contributed by atoms with Gasteiger partial charge in [-0.25, -0.2) is 0 Å². The number of ether oxygens (including phenoxy) is 2. The molecule has 8 heteroatoms. The quantitative estimate of drug-likeness (QED) is 0.707. The van der Waals surface area contributed by atoms with Crippen molar-refractivity contribution in [3.8, 4) is 5.75 Å². The predicted molar refractivity (Wildman–Crippen MR) is 120 cm³/mol. The average Bonchev–Trinajstić information content (AvgIpc) is 2.81. The van der Waals surface area contributed by atoms with Crippen LogP contribution in [0.1, 0.15) is 10.4 Å². The van der Waals surface area contributed by atoms with Gasteiger partial charge in [0.1, 0.15) is 5.75 Å². The number of morpholine rings is 1. The zero-order valence-corrected chi connectivity index (χ0v) is 18.5. The number of carbonyl (C=O) groups excluding carboxylic acids is 2. The number of carbonyl (C=O) groups is 2. The van der Waals surface area contributed by atoms with Crippen molar-refractivity contribution in [2.75, 3.05) is 52.5 Å². The fourth-order valence-electron chi connectivity index (χ4n) is 5.00. The minimum absolute atomic E-state index is 0.0107. The maximum absolute atomic E-state index is 13.2. The summed E-state index contributed by atoms with van der Waals surface area (Å²) in [6, 6.07) is 16.5. The van der Waals surface area contributed by atoms with Crippen LogP contribution < -0.4 is 4.74 Å². The fraction of sp³-hybridized carbons (Fsp3) is 0.417. The Morgan fingerprint density at radius 2 is 1.75 bits per heavy atom. The van der Waals surface area contributed by atoms with Crippen LogP contribution in [0, 0.1) is 0 Å². The van der Waals surface area contributed by atoms with Crippen LogP contribution in [-0.2, 0) is 9.53 Å². The number of benzene rings is 2. The van der Waals surface area contributed by atoms with Crippen molar-refractivity contribution in [1.82, 2.24) is 14.7 Å². The van der Waals surface area contributed by atoms with Gasteiger partial charge >= 0.3 is 0 Å². The van der Waals surface area contributed by atoms with E-state index in [-0.39, 0.29) is 30.0 Å². The van der Waals surface area contributed by atoms with Gasteiger partial charge in [0.15, 0.2) is 6.61 Å². The molecule has 0 unspecified atom stereocenters. The summed E-state index contributed by atoms with van der Waals surface area (Å²) in [4.78, 5) is 32.1. The van der Waals surface area contributed by atoms with Crippen LogP contribution in [0.3, 0.4) is 0 Å². The monoisotopic (exact) mass is 455 g/mol. The molecule has 2 amide bonds. The van der Waals surface area contributed by atoms with Crippen LogP contribution >= 0.6 is 11.6 Å². The molecule has 1 spiro atoms. The zero-order valence-electron chi connectivity index (χ0n) is 17.8. The number of nitrogens with zero attached hydrogens (tertiary/aromatic N) is 3. The van der Waals surface area contributed by atoms with Crippen LogP contribution in [0.2, 0.25) is 5.02 Å². The third-order valence-electron chi connectivity index (χ3n) is 6.56. The molecule has 2 aromatic rings. The molecule has 2 aromatic carbocycles. The van der Waals surface area contributed by atoms with Gasteiger partial charge in [-0.2, -0.15) is 0 Å². The van der Waals surface area contributed by atoms with E-state index in [1.165, 1.54) is 0 Å². The number of amides is 2. The van der Waals surface area contributed by atoms with E-state index in [2.05, 4.69) is 4.90 Å². The lowest BCUT2D eigenvalue weighted by atomic mass is 9.82. The summed E-state index contributed by atoms with van der Waals surface area (Å²) in [5.74, 6) is 0.635. The standard InChI is InChI=1S/C24H26ClN3O4/c25-19-8-6-18(7-9-19)23(30)26-12-20-13-31-11-10-28(20)24(15-26)16-27(17-24)22(29)14-32-21-4-2-1-3-5-21/h1-9,20H,10-17H2/t20-/m1/s1. The minimum Gasteiger partial charge on any atom is -0.484 e. The summed E-state index contributed by atoms with van der Waals surface area (Å²) < 4.78 is 11.3. The third kappa shape index (κ3) is 4.08. The number of rotatable bonds is 4. The molecule has 32 heavy (non-hydrogen) atoms. The van der Waals surface area contributed by atoms with E-state index in [4.69, 9.17) is 21.1 Å². The minimum atomic E-state index is -0.239. The largest absolute Gasteiger partial charge is 0.484 e. The zero-order chi connectivity index (χ0) is 22.1. The Kier molecular flexibility index (Phi) is 5.80. The Bertz CT molecular complexity index is 978. The topological polar surface area (TPSA) is 62.3 Å². The van der Waals surface area contributed by atoms with Gasteiger partial charge in [-0.3, -0.25) is 14.5 Å². The molecule has 3 aliphatic heterocycles. The summed E-state index contributed by atoms with van der Waals surface area (Å²) in [5.41, 5.74) is 0.384. The summed E-state index contributed by atoms with van der Waals surface area (Å²) in [7, 11) is 0. The lowest BCUT2D eigenvalue weighted by Crippen LogP contribution is -2.81. The Hall–Kier alpha value is -2.61. The number of halogens is 1. The lowest BCUT2D eigenvalue weighted by molar-refractivity contribution is -0.173. The van der Waals surface area contributed by atoms with E-state index in [9.17, 15) is 9.59 Å². The number of likely N-dealkylation sites (tertiary alicyclic amines) is 1. The second-order valence-electron chi connectivity index (χ2n) is 8.69. The highest BCUT2D eigenvalue weighted by molar-refractivity contribution is 6.30. The molecule has 0 aromatic heterocycles. The van der Waals surface area contributed by atoms with Crippen molar-refractivity contribution in [1.29, 1.82) is 0 Å². The van der Waals surface area contributed by atoms with E-state index in [1.54, 1.807) is 24.3 Å². The van der Waals surface area contributed by atoms with Gasteiger partial charge in [0.2, 0.25) is 0 Å². The van der Waals surface area contributed by atoms with Gasteiger partial charge in [0.25, 0.3) is 11.8 Å². The van der Waals surface area contributed by atoms with Crippen molar-refractivity contribution in [2.24, 2.45) is 0 Å². The molecule has 1 atom stereocenters. The smallest absolute Gasteiger partial charge is 0.260 e. The molecule has 5 rings (SSSR count). The van der Waals surface area contributed by atoms with Crippen LogP contribution in [0.25, 0.3) is 0 Å². The molecule has 3 fully saturated rings. The Labute approximate surface area is 192 Å². The first-order valence-electron chi connectivity index (χ1n) is 10.9. The first-order valence-corrected chi connectivity index (χ1v) is 11.3. The van der Waals surface area contributed by atoms with E-state index < -0.39 is 0 Å². The second kappa shape index (κ2) is 8.73. The van der Waals surface area contributed by atoms with Gasteiger partial charge in [-0.05, 0) is 36.4 Å². The first-order chi connectivity index (χ1) is 15.5. The van der Waals surface area contributed by atoms with Crippen molar-refractivity contribution in [2.45, 2.75) is 11.6 Å². The van der Waals surface area contributed by atoms with E-state index in [0.29, 0.717) is 55.7 Å². The van der Waals surface area contributed by atoms with Crippen molar-refractivity contribution >= 4 is 23.4 Å². The van der Waals surface area contributed by atoms with Crippen LogP contribution in [-0.4, -0.2) is 90.6 Å². The fourth-order valence-corrected chi connectivity index (χ4v) is 5.13. The van der Waals surface area contributed by atoms with Crippen LogP contribution in [0.5, 0.6) is 5.75 Å². The first kappa shape index (κ1) is 21.2. The maximum atomic E-state index is 13.2. The molecule has 0 saturated carbocycles. The molecule has 0 bridgehead atoms. The van der Waals surface area contributed by atoms with Gasteiger partial charge in [0.05, 0.1) is 24.8 Å². The molecule has 0 N–H and O–H groups in total. The number of hydrogen-bond acceptors (Lipinski definition) is 5. The van der Waals surface area contributed by atoms with E-state index in [1.807, 2.05) is 40.1 Å². The molecular formula is C24H26ClN3O4. The SMILES string of the molecule is O=C(COc1ccccc1)N1CC2(C1)CN(C(=O)c1ccc(Cl)cc1)C[C@@H]1COCCN12. The van der Waals surface area contributed by atoms with Crippen molar-refractivity contribution in [3.05, 3.63) is 65.2 Å². The van der Waals surface area contributed by atoms with Crippen molar-refractivity contribution in [3.63, 3.8) is 0 Å². The molecule has 0 aliphatic carbocycles. The maximum Gasteiger partial charge on any atom is 0.260 e. The molecule has 3 saturated heterocycles. The lowest BCUT2D eigenvalue weighted by Gasteiger charge is -2.63. The summed E-state index contributed by atoms with van der Waals surface area (Å²) in [6.45, 7) is 4.49. The van der Waals surface area contributed by atoms with E-state index >= 15 is 0 Å². The van der Waals surface area contributed by atoms with Gasteiger partial charge in [-0.15, -0.1) is 0 Å². The number of hydrogen-bond donors (Lipinski definition) is 0. The summed E-state index contributed by atoms with van der Waals surface area (Å²) in [6.07, 6.45) is 0. The normalized spacial score (nSPS) is 22.2. The molecule has 7 nitrogen and oxygen atoms in total. The molecule has 3 heterocycles. The Morgan fingerprint density at radius 3 is 2.50 bits per heavy atom. The molecule has 0 radical (unpaired) electrons. The van der Waals surface area contributed by atoms with Gasteiger partial charge in [-0.1, -0.05) is 29.8 Å². The number of para-hydroxylation sites is 1. The molecule has 168 valence electrons. The molecule has 3 aliphatic rings. The number of piperazine rings is 1. The summed E-state index contributed by atoms with van der Waals surface area (Å²) >= 11 is 5.98. The predicted octanol–water partition coefficient (Wildman–Crippen LogP) is 2.16. The van der Waals surface area contributed by atoms with Crippen LogP contribution in [0.4, 0.5) is 0 Å². The highest BCUT2D eigenvalue weighted by Gasteiger charge is 2.56. The van der Waals surface area contributed by atoms with Crippen molar-refractivity contribution < 1.29 is 19.1 Å². The number of fused-ring (bicyclic) bond motifs is 2.